The van der Waals surface area contributed by atoms with Crippen LogP contribution in [0.25, 0.3) is 10.9 Å². The molecule has 0 unspecified atom stereocenters. The molecule has 2 heterocycles. The number of hydrogen-bond donors (Lipinski definition) is 0. The minimum atomic E-state index is -4.78. The maximum atomic E-state index is 15.4. The van der Waals surface area contributed by atoms with Gasteiger partial charge in [0.2, 0.25) is 5.88 Å². The fourth-order valence-corrected chi connectivity index (χ4v) is 7.49. The Morgan fingerprint density at radius 1 is 0.796 bits per heavy atom. The number of hydrogen-bond acceptors (Lipinski definition) is 6. The van der Waals surface area contributed by atoms with E-state index >= 15 is 8.78 Å². The molecular weight excluding hydrogens is 671 g/mol. The van der Waals surface area contributed by atoms with Crippen molar-refractivity contribution in [1.29, 1.82) is 0 Å². The highest BCUT2D eigenvalue weighted by molar-refractivity contribution is 7.74. The van der Waals surface area contributed by atoms with Gasteiger partial charge in [-0.25, -0.2) is 18.2 Å². The lowest BCUT2D eigenvalue weighted by atomic mass is 10.0. The van der Waals surface area contributed by atoms with E-state index in [-0.39, 0.29) is 29.7 Å². The van der Waals surface area contributed by atoms with Crippen LogP contribution in [-0.2, 0) is 15.3 Å². The van der Waals surface area contributed by atoms with E-state index in [4.69, 9.17) is 9.26 Å². The topological polar surface area (TPSA) is 83.3 Å². The van der Waals surface area contributed by atoms with Gasteiger partial charge >= 0.3 is 6.18 Å². The Bertz CT molecular complexity index is 2170. The van der Waals surface area contributed by atoms with Crippen LogP contribution in [0.2, 0.25) is 0 Å². The van der Waals surface area contributed by atoms with Crippen molar-refractivity contribution < 1.29 is 40.2 Å². The first kappa shape index (κ1) is 33.6. The highest BCUT2D eigenvalue weighted by Gasteiger charge is 2.35. The van der Waals surface area contributed by atoms with Crippen molar-refractivity contribution in [2.45, 2.75) is 18.6 Å². The van der Waals surface area contributed by atoms with Gasteiger partial charge in [0.05, 0.1) is 29.9 Å². The molecule has 0 saturated carbocycles. The SMILES string of the molecule is O=c1ncn([C@H](CCOP(=O)(c2ccccc2)c2ccccc2)c2c(F)cc(F)cc2F)c2ccc(Oc3ncccc3C(F)(F)F)cc12. The largest absolute Gasteiger partial charge is 0.438 e. The molecule has 0 spiro atoms. The summed E-state index contributed by atoms with van der Waals surface area (Å²) in [6.07, 6.45) is -2.89. The maximum absolute atomic E-state index is 15.4. The van der Waals surface area contributed by atoms with Crippen molar-refractivity contribution in [3.05, 3.63) is 155 Å². The predicted octanol–water partition coefficient (Wildman–Crippen LogP) is 7.95. The maximum Gasteiger partial charge on any atom is 0.421 e. The molecule has 0 aliphatic carbocycles. The second-order valence-electron chi connectivity index (χ2n) is 10.7. The summed E-state index contributed by atoms with van der Waals surface area (Å²) >= 11 is 0. The molecule has 4 aromatic carbocycles. The standard InChI is InChI=1S/C35H24F6N3O4P/c36-22-18-28(37)32(29(38)19-22)31(15-17-47-49(46,24-8-3-1-4-9-24)25-10-5-2-6-11-25)44-21-43-33(45)26-20-23(13-14-30(26)44)48-34-27(35(39,40)41)12-7-16-42-34/h1-14,16,18-21,31H,15,17H2/t31-/m1/s1. The number of halogens is 6. The molecule has 6 aromatic rings. The highest BCUT2D eigenvalue weighted by Crippen LogP contribution is 2.45. The molecule has 14 heteroatoms. The lowest BCUT2D eigenvalue weighted by Crippen LogP contribution is -2.23. The normalized spacial score (nSPS) is 12.6. The Hall–Kier alpha value is -5.26. The molecule has 250 valence electrons. The van der Waals surface area contributed by atoms with Gasteiger partial charge in [-0.1, -0.05) is 36.4 Å². The Morgan fingerprint density at radius 3 is 2.04 bits per heavy atom. The third-order valence-electron chi connectivity index (χ3n) is 7.64. The highest BCUT2D eigenvalue weighted by atomic mass is 31.2. The second-order valence-corrected chi connectivity index (χ2v) is 13.1. The number of aromatic nitrogens is 3. The van der Waals surface area contributed by atoms with E-state index in [0.29, 0.717) is 22.7 Å². The smallest absolute Gasteiger partial charge is 0.421 e. The fourth-order valence-electron chi connectivity index (χ4n) is 5.40. The van der Waals surface area contributed by atoms with Crippen molar-refractivity contribution in [3.63, 3.8) is 0 Å². The molecule has 0 N–H and O–H groups in total. The van der Waals surface area contributed by atoms with Crippen molar-refractivity contribution >= 4 is 28.9 Å². The zero-order valence-corrected chi connectivity index (χ0v) is 26.0. The van der Waals surface area contributed by atoms with Crippen LogP contribution in [0.4, 0.5) is 26.3 Å². The van der Waals surface area contributed by atoms with E-state index in [1.54, 1.807) is 60.7 Å². The van der Waals surface area contributed by atoms with Crippen LogP contribution < -0.4 is 20.9 Å². The van der Waals surface area contributed by atoms with E-state index in [0.717, 1.165) is 30.7 Å². The molecular formula is C35H24F6N3O4P. The van der Waals surface area contributed by atoms with Crippen LogP contribution in [0.5, 0.6) is 11.6 Å². The van der Waals surface area contributed by atoms with Gasteiger partial charge in [0.1, 0.15) is 28.8 Å². The Kier molecular flexibility index (Phi) is 9.40. The molecule has 2 aromatic heterocycles. The lowest BCUT2D eigenvalue weighted by Gasteiger charge is -2.25. The minimum absolute atomic E-state index is 0.0619. The average molecular weight is 696 g/mol. The third-order valence-corrected chi connectivity index (χ3v) is 10.1. The van der Waals surface area contributed by atoms with Crippen LogP contribution in [0.3, 0.4) is 0 Å². The van der Waals surface area contributed by atoms with E-state index in [1.807, 2.05) is 0 Å². The molecule has 0 bridgehead atoms. The van der Waals surface area contributed by atoms with Crippen molar-refractivity contribution in [3.8, 4) is 11.6 Å². The number of alkyl halides is 3. The summed E-state index contributed by atoms with van der Waals surface area (Å²) in [7, 11) is -3.73. The van der Waals surface area contributed by atoms with Gasteiger partial charge < -0.3 is 13.8 Å². The van der Waals surface area contributed by atoms with Gasteiger partial charge in [0.25, 0.3) is 12.9 Å². The fraction of sp³-hybridized carbons (Fsp3) is 0.114. The van der Waals surface area contributed by atoms with Gasteiger partial charge in [0.15, 0.2) is 0 Å². The summed E-state index contributed by atoms with van der Waals surface area (Å²) in [6, 6.07) is 22.0. The summed E-state index contributed by atoms with van der Waals surface area (Å²) in [5.74, 6) is -4.59. The number of ether oxygens (including phenoxy) is 1. The summed E-state index contributed by atoms with van der Waals surface area (Å²) in [4.78, 5) is 20.4. The third kappa shape index (κ3) is 6.99. The molecule has 0 aliphatic rings. The summed E-state index contributed by atoms with van der Waals surface area (Å²) in [5, 5.41) is 0.584. The molecule has 0 radical (unpaired) electrons. The molecule has 6 rings (SSSR count). The Balaban J connectivity index is 1.41. The number of fused-ring (bicyclic) bond motifs is 1. The summed E-state index contributed by atoms with van der Waals surface area (Å²) in [5.41, 5.74) is -2.49. The quantitative estimate of drug-likeness (QED) is 0.107. The number of nitrogens with zero attached hydrogens (tertiary/aromatic N) is 3. The Labute approximate surface area is 274 Å². The number of pyridine rings is 1. The van der Waals surface area contributed by atoms with E-state index in [2.05, 4.69) is 9.97 Å². The molecule has 0 fully saturated rings. The van der Waals surface area contributed by atoms with Gasteiger partial charge in [-0.05, 0) is 61.0 Å². The van der Waals surface area contributed by atoms with Crippen molar-refractivity contribution in [2.75, 3.05) is 6.61 Å². The second kappa shape index (κ2) is 13.7. The first-order valence-electron chi connectivity index (χ1n) is 14.7. The predicted molar refractivity (Wildman–Crippen MR) is 170 cm³/mol. The first-order valence-corrected chi connectivity index (χ1v) is 16.3. The molecule has 1 atom stereocenters. The summed E-state index contributed by atoms with van der Waals surface area (Å²) in [6.45, 7) is -0.337. The molecule has 49 heavy (non-hydrogen) atoms. The average Bonchev–Trinajstić information content (AvgIpc) is 3.08. The number of benzene rings is 4. The minimum Gasteiger partial charge on any atom is -0.438 e. The van der Waals surface area contributed by atoms with Gasteiger partial charge in [-0.3, -0.25) is 9.36 Å². The molecule has 0 amide bonds. The van der Waals surface area contributed by atoms with E-state index in [9.17, 15) is 26.9 Å². The van der Waals surface area contributed by atoms with Crippen molar-refractivity contribution in [2.24, 2.45) is 0 Å². The van der Waals surface area contributed by atoms with Crippen LogP contribution in [0.15, 0.2) is 120 Å². The van der Waals surface area contributed by atoms with E-state index < -0.39 is 59.6 Å². The zero-order chi connectivity index (χ0) is 34.8. The molecule has 0 aliphatic heterocycles. The van der Waals surface area contributed by atoms with Crippen LogP contribution >= 0.6 is 7.37 Å². The Morgan fingerprint density at radius 2 is 1.43 bits per heavy atom. The zero-order valence-electron chi connectivity index (χ0n) is 25.2. The first-order chi connectivity index (χ1) is 23.5. The van der Waals surface area contributed by atoms with Gasteiger partial charge in [-0.2, -0.15) is 18.2 Å². The van der Waals surface area contributed by atoms with Gasteiger partial charge in [0, 0.05) is 34.5 Å². The van der Waals surface area contributed by atoms with Crippen LogP contribution in [-0.4, -0.2) is 21.1 Å². The van der Waals surface area contributed by atoms with Gasteiger partial charge in [-0.15, -0.1) is 0 Å². The van der Waals surface area contributed by atoms with Crippen LogP contribution in [0, 0.1) is 17.5 Å². The monoisotopic (exact) mass is 695 g/mol. The molecule has 7 nitrogen and oxygen atoms in total. The van der Waals surface area contributed by atoms with Crippen molar-refractivity contribution in [1.82, 2.24) is 14.5 Å². The van der Waals surface area contributed by atoms with E-state index in [1.165, 1.54) is 16.7 Å². The van der Waals surface area contributed by atoms with Crippen LogP contribution in [0.1, 0.15) is 23.6 Å². The number of rotatable bonds is 10. The molecule has 0 saturated heterocycles. The summed E-state index contributed by atoms with van der Waals surface area (Å²) < 4.78 is 112. The lowest BCUT2D eigenvalue weighted by molar-refractivity contribution is -0.138.